The second-order valence-corrected chi connectivity index (χ2v) is 4.77. The summed E-state index contributed by atoms with van der Waals surface area (Å²) in [6.07, 6.45) is 5.34. The van der Waals surface area contributed by atoms with Crippen molar-refractivity contribution in [3.05, 3.63) is 12.7 Å². The van der Waals surface area contributed by atoms with Gasteiger partial charge in [-0.3, -0.25) is 9.69 Å². The van der Waals surface area contributed by atoms with E-state index in [1.54, 1.807) is 0 Å². The molecule has 4 heteroatoms. The molecule has 1 aliphatic carbocycles. The van der Waals surface area contributed by atoms with E-state index in [1.165, 1.54) is 0 Å². The van der Waals surface area contributed by atoms with E-state index >= 15 is 0 Å². The Morgan fingerprint density at radius 1 is 1.56 bits per heavy atom. The third-order valence-electron chi connectivity index (χ3n) is 3.19. The highest BCUT2D eigenvalue weighted by Crippen LogP contribution is 2.29. The summed E-state index contributed by atoms with van der Waals surface area (Å²) in [5.41, 5.74) is 0. The molecule has 0 aromatic rings. The van der Waals surface area contributed by atoms with Crippen molar-refractivity contribution in [1.82, 2.24) is 9.80 Å². The molecule has 2 fully saturated rings. The highest BCUT2D eigenvalue weighted by atomic mass is 16.3. The second kappa shape index (κ2) is 4.97. The smallest absolute Gasteiger partial charge is 0.238 e. The summed E-state index contributed by atoms with van der Waals surface area (Å²) < 4.78 is 0. The van der Waals surface area contributed by atoms with Gasteiger partial charge in [-0.1, -0.05) is 6.08 Å². The number of carbonyl (C=O) groups is 1. The number of nitrogens with zero attached hydrogens (tertiary/aromatic N) is 2. The Hall–Kier alpha value is -0.870. The van der Waals surface area contributed by atoms with Crippen molar-refractivity contribution in [2.75, 3.05) is 19.8 Å². The molecule has 2 rings (SSSR count). The Balaban J connectivity index is 1.74. The molecule has 1 N–H and O–H groups in total. The normalized spacial score (nSPS) is 23.8. The van der Waals surface area contributed by atoms with Crippen LogP contribution in [0.3, 0.4) is 0 Å². The van der Waals surface area contributed by atoms with Crippen LogP contribution in [0.1, 0.15) is 25.7 Å². The van der Waals surface area contributed by atoms with Gasteiger partial charge < -0.3 is 10.0 Å². The van der Waals surface area contributed by atoms with Crippen LogP contribution in [-0.2, 0) is 4.79 Å². The van der Waals surface area contributed by atoms with Crippen molar-refractivity contribution in [3.8, 4) is 0 Å². The number of rotatable bonds is 6. The first kappa shape index (κ1) is 11.6. The molecule has 1 saturated heterocycles. The molecule has 1 amide bonds. The van der Waals surface area contributed by atoms with Gasteiger partial charge in [0.05, 0.1) is 19.3 Å². The van der Waals surface area contributed by atoms with E-state index in [0.29, 0.717) is 25.8 Å². The lowest BCUT2D eigenvalue weighted by Gasteiger charge is -2.20. The predicted molar refractivity (Wildman–Crippen MR) is 61.7 cm³/mol. The standard InChI is InChI=1S/C12H20N2O2/c1-2-3-4-11(15)7-13-8-12(16)14(9-13)10-5-6-10/h2,10-11,15H,1,3-9H2. The molecule has 90 valence electrons. The molecule has 0 aromatic carbocycles. The van der Waals surface area contributed by atoms with Gasteiger partial charge in [0.1, 0.15) is 0 Å². The number of aliphatic hydroxyl groups excluding tert-OH is 1. The molecule has 1 unspecified atom stereocenters. The third-order valence-corrected chi connectivity index (χ3v) is 3.19. The molecule has 0 spiro atoms. The minimum Gasteiger partial charge on any atom is -0.392 e. The van der Waals surface area contributed by atoms with Gasteiger partial charge in [0.15, 0.2) is 0 Å². The number of hydrogen-bond acceptors (Lipinski definition) is 3. The van der Waals surface area contributed by atoms with E-state index < -0.39 is 0 Å². The molecule has 1 saturated carbocycles. The first-order chi connectivity index (χ1) is 7.70. The topological polar surface area (TPSA) is 43.8 Å². The summed E-state index contributed by atoms with van der Waals surface area (Å²) >= 11 is 0. The van der Waals surface area contributed by atoms with Crippen LogP contribution in [0.15, 0.2) is 12.7 Å². The Morgan fingerprint density at radius 3 is 2.94 bits per heavy atom. The number of carbonyl (C=O) groups excluding carboxylic acids is 1. The van der Waals surface area contributed by atoms with Gasteiger partial charge in [-0.2, -0.15) is 0 Å². The van der Waals surface area contributed by atoms with Gasteiger partial charge in [0.25, 0.3) is 0 Å². The van der Waals surface area contributed by atoms with Crippen LogP contribution in [0.25, 0.3) is 0 Å². The molecule has 1 aliphatic heterocycles. The summed E-state index contributed by atoms with van der Waals surface area (Å²) in [5.74, 6) is 0.221. The van der Waals surface area contributed by atoms with Gasteiger partial charge in [-0.05, 0) is 25.7 Å². The second-order valence-electron chi connectivity index (χ2n) is 4.77. The molecule has 0 bridgehead atoms. The van der Waals surface area contributed by atoms with Crippen molar-refractivity contribution < 1.29 is 9.90 Å². The van der Waals surface area contributed by atoms with E-state index in [0.717, 1.165) is 25.7 Å². The lowest BCUT2D eigenvalue weighted by molar-refractivity contribution is -0.127. The third kappa shape index (κ3) is 2.83. The average molecular weight is 224 g/mol. The Kier molecular flexibility index (Phi) is 3.61. The van der Waals surface area contributed by atoms with Crippen LogP contribution in [0.4, 0.5) is 0 Å². The van der Waals surface area contributed by atoms with Crippen LogP contribution in [0.2, 0.25) is 0 Å². The Labute approximate surface area is 96.5 Å². The molecular formula is C12H20N2O2. The van der Waals surface area contributed by atoms with Crippen molar-refractivity contribution in [3.63, 3.8) is 0 Å². The fourth-order valence-electron chi connectivity index (χ4n) is 2.15. The summed E-state index contributed by atoms with van der Waals surface area (Å²) in [6.45, 7) is 5.41. The zero-order chi connectivity index (χ0) is 11.5. The SMILES string of the molecule is C=CCCC(O)CN1CC(=O)N(C2CC2)C1. The van der Waals surface area contributed by atoms with Gasteiger partial charge >= 0.3 is 0 Å². The quantitative estimate of drug-likeness (QED) is 0.671. The Morgan fingerprint density at radius 2 is 2.31 bits per heavy atom. The molecule has 1 atom stereocenters. The molecule has 0 aromatic heterocycles. The lowest BCUT2D eigenvalue weighted by Crippen LogP contribution is -2.33. The lowest BCUT2D eigenvalue weighted by atomic mass is 10.2. The molecule has 16 heavy (non-hydrogen) atoms. The maximum atomic E-state index is 11.6. The summed E-state index contributed by atoms with van der Waals surface area (Å²) in [4.78, 5) is 15.6. The van der Waals surface area contributed by atoms with Gasteiger partial charge in [0.2, 0.25) is 5.91 Å². The van der Waals surface area contributed by atoms with Crippen molar-refractivity contribution in [2.24, 2.45) is 0 Å². The number of amides is 1. The monoisotopic (exact) mass is 224 g/mol. The van der Waals surface area contributed by atoms with Crippen molar-refractivity contribution in [2.45, 2.75) is 37.8 Å². The highest BCUT2D eigenvalue weighted by Gasteiger charge is 2.38. The van der Waals surface area contributed by atoms with Crippen LogP contribution >= 0.6 is 0 Å². The summed E-state index contributed by atoms with van der Waals surface area (Å²) in [5, 5.41) is 9.75. The fraction of sp³-hybridized carbons (Fsp3) is 0.750. The molecule has 0 radical (unpaired) electrons. The maximum Gasteiger partial charge on any atom is 0.238 e. The molecule has 4 nitrogen and oxygen atoms in total. The average Bonchev–Trinajstić information content (AvgIpc) is 3.01. The van der Waals surface area contributed by atoms with Crippen LogP contribution in [-0.4, -0.2) is 52.7 Å². The van der Waals surface area contributed by atoms with E-state index in [-0.39, 0.29) is 12.0 Å². The largest absolute Gasteiger partial charge is 0.392 e. The van der Waals surface area contributed by atoms with Gasteiger partial charge in [-0.25, -0.2) is 0 Å². The van der Waals surface area contributed by atoms with Crippen molar-refractivity contribution in [1.29, 1.82) is 0 Å². The van der Waals surface area contributed by atoms with Crippen LogP contribution in [0.5, 0.6) is 0 Å². The van der Waals surface area contributed by atoms with E-state index in [4.69, 9.17) is 0 Å². The van der Waals surface area contributed by atoms with Crippen molar-refractivity contribution >= 4 is 5.91 Å². The number of β-amino-alcohol motifs (C(OH)–C–C–N with tert-alkyl or cyclic N) is 1. The minimum atomic E-state index is -0.343. The molecular weight excluding hydrogens is 204 g/mol. The zero-order valence-electron chi connectivity index (χ0n) is 9.64. The predicted octanol–water partition coefficient (Wildman–Crippen LogP) is 0.578. The van der Waals surface area contributed by atoms with E-state index in [9.17, 15) is 9.90 Å². The number of allylic oxidation sites excluding steroid dienone is 1. The van der Waals surface area contributed by atoms with E-state index in [2.05, 4.69) is 6.58 Å². The maximum absolute atomic E-state index is 11.6. The number of aliphatic hydroxyl groups is 1. The number of hydrogen-bond donors (Lipinski definition) is 1. The fourth-order valence-corrected chi connectivity index (χ4v) is 2.15. The summed E-state index contributed by atoms with van der Waals surface area (Å²) in [6, 6.07) is 0.489. The van der Waals surface area contributed by atoms with Gasteiger partial charge in [0, 0.05) is 12.6 Å². The van der Waals surface area contributed by atoms with Crippen LogP contribution in [0, 0.1) is 0 Å². The zero-order valence-corrected chi connectivity index (χ0v) is 9.64. The Bertz CT molecular complexity index is 276. The highest BCUT2D eigenvalue weighted by molar-refractivity contribution is 5.80. The molecule has 1 heterocycles. The van der Waals surface area contributed by atoms with Gasteiger partial charge in [-0.15, -0.1) is 6.58 Å². The summed E-state index contributed by atoms with van der Waals surface area (Å²) in [7, 11) is 0. The van der Waals surface area contributed by atoms with Crippen LogP contribution < -0.4 is 0 Å². The van der Waals surface area contributed by atoms with E-state index in [1.807, 2.05) is 15.9 Å². The first-order valence-electron chi connectivity index (χ1n) is 6.01. The minimum absolute atomic E-state index is 0.221. The molecule has 2 aliphatic rings. The first-order valence-corrected chi connectivity index (χ1v) is 6.01.